The van der Waals surface area contributed by atoms with Crippen molar-refractivity contribution in [2.45, 2.75) is 53.4 Å². The van der Waals surface area contributed by atoms with Gasteiger partial charge in [0, 0.05) is 18.8 Å². The molecule has 1 aromatic rings. The molecule has 0 aromatic heterocycles. The van der Waals surface area contributed by atoms with Gasteiger partial charge in [0.2, 0.25) is 0 Å². The Balaban J connectivity index is 1.70. The van der Waals surface area contributed by atoms with Gasteiger partial charge >= 0.3 is 6.03 Å². The Hall–Kier alpha value is -1.77. The van der Waals surface area contributed by atoms with Gasteiger partial charge in [-0.3, -0.25) is 0 Å². The van der Waals surface area contributed by atoms with Crippen LogP contribution >= 0.6 is 0 Å². The van der Waals surface area contributed by atoms with Gasteiger partial charge in [0.15, 0.2) is 0 Å². The summed E-state index contributed by atoms with van der Waals surface area (Å²) in [7, 11) is 0. The summed E-state index contributed by atoms with van der Waals surface area (Å²) in [5.74, 6) is 1.49. The number of carbonyl (C=O) groups is 1. The number of aryl methyl sites for hydroxylation is 1. The number of fused-ring (bicyclic) bond motifs is 1. The molecule has 1 fully saturated rings. The maximum atomic E-state index is 12.9. The highest BCUT2D eigenvalue weighted by Crippen LogP contribution is 2.59. The zero-order valence-corrected chi connectivity index (χ0v) is 16.1. The molecule has 2 unspecified atom stereocenters. The van der Waals surface area contributed by atoms with Crippen LogP contribution in [-0.2, 0) is 0 Å². The van der Waals surface area contributed by atoms with Crippen LogP contribution in [0.25, 0.3) is 0 Å². The van der Waals surface area contributed by atoms with Crippen LogP contribution in [0.1, 0.15) is 52.0 Å². The highest BCUT2D eigenvalue weighted by molar-refractivity contribution is 5.90. The van der Waals surface area contributed by atoms with E-state index in [4.69, 9.17) is 0 Å². The van der Waals surface area contributed by atoms with Gasteiger partial charge in [-0.1, -0.05) is 57.0 Å². The smallest absolute Gasteiger partial charge is 0.321 e. The van der Waals surface area contributed by atoms with E-state index >= 15 is 0 Å². The van der Waals surface area contributed by atoms with E-state index in [-0.39, 0.29) is 6.03 Å². The fourth-order valence-electron chi connectivity index (χ4n) is 4.39. The van der Waals surface area contributed by atoms with Crippen molar-refractivity contribution in [3.8, 4) is 0 Å². The number of nitrogens with one attached hydrogen (secondary N) is 1. The highest BCUT2D eigenvalue weighted by Gasteiger charge is 2.51. The molecule has 4 rings (SSSR count). The zero-order chi connectivity index (χ0) is 18.0. The van der Waals surface area contributed by atoms with E-state index in [2.05, 4.69) is 32.2 Å². The molecule has 25 heavy (non-hydrogen) atoms. The van der Waals surface area contributed by atoms with Crippen molar-refractivity contribution < 1.29 is 4.79 Å². The summed E-state index contributed by atoms with van der Waals surface area (Å²) in [4.78, 5) is 14.9. The molecule has 0 saturated heterocycles. The van der Waals surface area contributed by atoms with Crippen molar-refractivity contribution >= 4 is 11.7 Å². The molecule has 1 aromatic carbocycles. The van der Waals surface area contributed by atoms with E-state index in [1.807, 2.05) is 36.1 Å². The average molecular weight is 341 g/mol. The van der Waals surface area contributed by atoms with Crippen molar-refractivity contribution in [2.75, 3.05) is 18.4 Å². The van der Waals surface area contributed by atoms with Gasteiger partial charge in [0.05, 0.1) is 0 Å². The van der Waals surface area contributed by atoms with Crippen LogP contribution < -0.4 is 5.32 Å². The standard InChI is InChI=1S/C22H32N2O/c1-5-6-13-24(21(25)23-20-10-8-7-9-16(20)2)15-17-11-12-18-14-19(17)22(18,3)4/h7-11,18-19H,5-6,12-15H2,1-4H3,(H,23,25). The number of unbranched alkanes of at least 4 members (excludes halogenated alkanes) is 1. The quantitative estimate of drug-likeness (QED) is 0.670. The lowest BCUT2D eigenvalue weighted by Crippen LogP contribution is -2.50. The van der Waals surface area contributed by atoms with E-state index < -0.39 is 0 Å². The molecule has 2 amide bonds. The summed E-state index contributed by atoms with van der Waals surface area (Å²) >= 11 is 0. The van der Waals surface area contributed by atoms with Gasteiger partial charge in [-0.2, -0.15) is 0 Å². The van der Waals surface area contributed by atoms with Crippen molar-refractivity contribution in [2.24, 2.45) is 17.3 Å². The number of anilines is 1. The molecule has 3 nitrogen and oxygen atoms in total. The fourth-order valence-corrected chi connectivity index (χ4v) is 4.39. The monoisotopic (exact) mass is 340 g/mol. The van der Waals surface area contributed by atoms with Gasteiger partial charge < -0.3 is 10.2 Å². The van der Waals surface area contributed by atoms with Crippen LogP contribution in [0.15, 0.2) is 35.9 Å². The second-order valence-electron chi connectivity index (χ2n) is 8.34. The lowest BCUT2D eigenvalue weighted by atomic mass is 9.49. The summed E-state index contributed by atoms with van der Waals surface area (Å²) in [6, 6.07) is 8.02. The molecule has 1 saturated carbocycles. The summed E-state index contributed by atoms with van der Waals surface area (Å²) in [6.45, 7) is 10.6. The minimum atomic E-state index is 0.0305. The van der Waals surface area contributed by atoms with E-state index in [0.717, 1.165) is 43.1 Å². The van der Waals surface area contributed by atoms with Gasteiger partial charge in [-0.15, -0.1) is 0 Å². The average Bonchev–Trinajstić information content (AvgIpc) is 2.60. The molecule has 0 spiro atoms. The maximum Gasteiger partial charge on any atom is 0.322 e. The number of hydrogen-bond donors (Lipinski definition) is 1. The van der Waals surface area contributed by atoms with E-state index in [1.54, 1.807) is 0 Å². The summed E-state index contributed by atoms with van der Waals surface area (Å²) in [5.41, 5.74) is 3.90. The molecule has 2 bridgehead atoms. The first kappa shape index (κ1) is 18.0. The molecule has 0 aliphatic heterocycles. The van der Waals surface area contributed by atoms with Crippen LogP contribution in [0.2, 0.25) is 0 Å². The third kappa shape index (κ3) is 3.61. The molecule has 1 N–H and O–H groups in total. The number of urea groups is 1. The highest BCUT2D eigenvalue weighted by atomic mass is 16.2. The first-order valence-corrected chi connectivity index (χ1v) is 9.74. The summed E-state index contributed by atoms with van der Waals surface area (Å²) in [6.07, 6.45) is 7.04. The maximum absolute atomic E-state index is 12.9. The predicted octanol–water partition coefficient (Wildman–Crippen LogP) is 5.62. The Labute approximate surface area is 152 Å². The molecule has 3 aliphatic rings. The number of para-hydroxylation sites is 1. The number of benzene rings is 1. The number of amides is 2. The zero-order valence-electron chi connectivity index (χ0n) is 16.1. The van der Waals surface area contributed by atoms with Crippen LogP contribution in [0.3, 0.4) is 0 Å². The summed E-state index contributed by atoms with van der Waals surface area (Å²) in [5, 5.41) is 3.12. The third-order valence-corrected chi connectivity index (χ3v) is 6.41. The Morgan fingerprint density at radius 1 is 1.32 bits per heavy atom. The van der Waals surface area contributed by atoms with E-state index in [9.17, 15) is 4.79 Å². The molecular formula is C22H32N2O. The molecule has 0 heterocycles. The molecule has 3 heteroatoms. The number of allylic oxidation sites excluding steroid dienone is 1. The number of carbonyl (C=O) groups excluding carboxylic acids is 1. The van der Waals surface area contributed by atoms with Crippen LogP contribution in [0.5, 0.6) is 0 Å². The Bertz CT molecular complexity index is 662. The Morgan fingerprint density at radius 3 is 2.72 bits per heavy atom. The first-order chi connectivity index (χ1) is 11.9. The Kier molecular flexibility index (Phi) is 5.21. The SMILES string of the molecule is CCCCN(CC1=CCC2CC1C2(C)C)C(=O)Nc1ccccc1C. The minimum Gasteiger partial charge on any atom is -0.321 e. The molecule has 0 radical (unpaired) electrons. The second kappa shape index (κ2) is 7.23. The first-order valence-electron chi connectivity index (χ1n) is 9.74. The van der Waals surface area contributed by atoms with Crippen LogP contribution in [-0.4, -0.2) is 24.0 Å². The van der Waals surface area contributed by atoms with E-state index in [1.165, 1.54) is 18.4 Å². The van der Waals surface area contributed by atoms with Crippen LogP contribution in [0.4, 0.5) is 10.5 Å². The molecule has 3 aliphatic carbocycles. The van der Waals surface area contributed by atoms with Gasteiger partial charge in [0.25, 0.3) is 0 Å². The lowest BCUT2D eigenvalue weighted by Gasteiger charge is -2.57. The van der Waals surface area contributed by atoms with Crippen molar-refractivity contribution in [1.82, 2.24) is 4.90 Å². The third-order valence-electron chi connectivity index (χ3n) is 6.41. The Morgan fingerprint density at radius 2 is 2.08 bits per heavy atom. The largest absolute Gasteiger partial charge is 0.322 e. The minimum absolute atomic E-state index is 0.0305. The fraction of sp³-hybridized carbons (Fsp3) is 0.591. The van der Waals surface area contributed by atoms with Gasteiger partial charge in [-0.25, -0.2) is 4.79 Å². The van der Waals surface area contributed by atoms with Gasteiger partial charge in [-0.05, 0) is 55.1 Å². The second-order valence-corrected chi connectivity index (χ2v) is 8.34. The van der Waals surface area contributed by atoms with Crippen molar-refractivity contribution in [3.05, 3.63) is 41.5 Å². The normalized spacial score (nSPS) is 23.4. The predicted molar refractivity (Wildman–Crippen MR) is 105 cm³/mol. The van der Waals surface area contributed by atoms with Crippen LogP contribution in [0, 0.1) is 24.2 Å². The number of nitrogens with zero attached hydrogens (tertiary/aromatic N) is 1. The molecule has 136 valence electrons. The number of hydrogen-bond acceptors (Lipinski definition) is 1. The lowest BCUT2D eigenvalue weighted by molar-refractivity contribution is -0.00952. The number of rotatable bonds is 6. The molecular weight excluding hydrogens is 308 g/mol. The summed E-state index contributed by atoms with van der Waals surface area (Å²) < 4.78 is 0. The van der Waals surface area contributed by atoms with Crippen molar-refractivity contribution in [1.29, 1.82) is 0 Å². The topological polar surface area (TPSA) is 32.3 Å². The molecule has 2 atom stereocenters. The van der Waals surface area contributed by atoms with Crippen molar-refractivity contribution in [3.63, 3.8) is 0 Å². The van der Waals surface area contributed by atoms with E-state index in [0.29, 0.717) is 11.3 Å². The van der Waals surface area contributed by atoms with Gasteiger partial charge in [0.1, 0.15) is 0 Å².